The van der Waals surface area contributed by atoms with Crippen LogP contribution in [0.5, 0.6) is 0 Å². The number of carbonyl (C=O) groups is 1. The van der Waals surface area contributed by atoms with Crippen molar-refractivity contribution in [3.05, 3.63) is 66.1 Å². The highest BCUT2D eigenvalue weighted by molar-refractivity contribution is 7.89. The van der Waals surface area contributed by atoms with E-state index in [4.69, 9.17) is 0 Å². The van der Waals surface area contributed by atoms with Gasteiger partial charge in [0.25, 0.3) is 5.91 Å². The molecule has 0 spiro atoms. The van der Waals surface area contributed by atoms with Crippen LogP contribution in [0.2, 0.25) is 0 Å². The highest BCUT2D eigenvalue weighted by Gasteiger charge is 2.25. The lowest BCUT2D eigenvalue weighted by Crippen LogP contribution is -2.40. The fourth-order valence-electron chi connectivity index (χ4n) is 2.79. The first-order chi connectivity index (χ1) is 13.6. The Morgan fingerprint density at radius 2 is 1.76 bits per heavy atom. The summed E-state index contributed by atoms with van der Waals surface area (Å²) in [6.07, 6.45) is 3.07. The number of pyridine rings is 1. The topological polar surface area (TPSA) is 106 Å². The molecule has 9 heteroatoms. The predicted octanol–water partition coefficient (Wildman–Crippen LogP) is 2.90. The maximum Gasteiger partial charge on any atom is 0.259 e. The van der Waals surface area contributed by atoms with E-state index in [1.54, 1.807) is 68.9 Å². The summed E-state index contributed by atoms with van der Waals surface area (Å²) in [4.78, 5) is 17.1. The standard InChI is InChI=1S/C20H23N5O3S/c1-14-15(13-22-25(14)18-11-7-8-12-21-18)19(26)23-16-9-5-6-10-17(16)29(27,28)24-20(2,3)4/h5-13,24H,1-4H3,(H,23,26). The number of nitrogens with one attached hydrogen (secondary N) is 2. The third kappa shape index (κ3) is 4.69. The number of hydrogen-bond donors (Lipinski definition) is 2. The SMILES string of the molecule is Cc1c(C(=O)Nc2ccccc2S(=O)(=O)NC(C)(C)C)cnn1-c1ccccn1. The van der Waals surface area contributed by atoms with E-state index in [1.807, 2.05) is 6.07 Å². The molecule has 1 aromatic carbocycles. The van der Waals surface area contributed by atoms with Crippen molar-refractivity contribution >= 4 is 21.6 Å². The zero-order valence-electron chi connectivity index (χ0n) is 16.7. The zero-order chi connectivity index (χ0) is 21.2. The molecule has 0 bridgehead atoms. The number of benzene rings is 1. The van der Waals surface area contributed by atoms with Gasteiger partial charge in [0.1, 0.15) is 4.90 Å². The summed E-state index contributed by atoms with van der Waals surface area (Å²) < 4.78 is 29.7. The fourth-order valence-corrected chi connectivity index (χ4v) is 4.38. The van der Waals surface area contributed by atoms with Gasteiger partial charge in [-0.3, -0.25) is 4.79 Å². The largest absolute Gasteiger partial charge is 0.321 e. The Labute approximate surface area is 170 Å². The Hall–Kier alpha value is -3.04. The van der Waals surface area contributed by atoms with Crippen LogP contribution >= 0.6 is 0 Å². The first-order valence-corrected chi connectivity index (χ1v) is 10.5. The van der Waals surface area contributed by atoms with Gasteiger partial charge >= 0.3 is 0 Å². The number of carbonyl (C=O) groups excluding carboxylic acids is 1. The van der Waals surface area contributed by atoms with Crippen LogP contribution < -0.4 is 10.0 Å². The lowest BCUT2D eigenvalue weighted by atomic mass is 10.1. The molecule has 0 atom stereocenters. The molecule has 0 radical (unpaired) electrons. The highest BCUT2D eigenvalue weighted by Crippen LogP contribution is 2.23. The quantitative estimate of drug-likeness (QED) is 0.669. The van der Waals surface area contributed by atoms with Gasteiger partial charge in [-0.15, -0.1) is 0 Å². The molecule has 0 saturated heterocycles. The van der Waals surface area contributed by atoms with Gasteiger partial charge in [-0.1, -0.05) is 18.2 Å². The number of anilines is 1. The molecular weight excluding hydrogens is 390 g/mol. The van der Waals surface area contributed by atoms with Gasteiger partial charge in [-0.25, -0.2) is 22.8 Å². The Balaban J connectivity index is 1.91. The van der Waals surface area contributed by atoms with E-state index in [1.165, 1.54) is 12.3 Å². The number of hydrogen-bond acceptors (Lipinski definition) is 5. The zero-order valence-corrected chi connectivity index (χ0v) is 17.5. The van der Waals surface area contributed by atoms with Crippen LogP contribution in [0.4, 0.5) is 5.69 Å². The lowest BCUT2D eigenvalue weighted by molar-refractivity contribution is 0.102. The van der Waals surface area contributed by atoms with Crippen LogP contribution in [0.15, 0.2) is 59.8 Å². The summed E-state index contributed by atoms with van der Waals surface area (Å²) in [6, 6.07) is 11.7. The van der Waals surface area contributed by atoms with E-state index in [0.29, 0.717) is 17.1 Å². The molecule has 3 rings (SSSR count). The number of sulfonamides is 1. The summed E-state index contributed by atoms with van der Waals surface area (Å²) in [5.41, 5.74) is 0.455. The summed E-state index contributed by atoms with van der Waals surface area (Å²) in [5, 5.41) is 6.92. The normalized spacial score (nSPS) is 12.0. The predicted molar refractivity (Wildman–Crippen MR) is 111 cm³/mol. The van der Waals surface area contributed by atoms with E-state index >= 15 is 0 Å². The smallest absolute Gasteiger partial charge is 0.259 e. The molecule has 2 N–H and O–H groups in total. The van der Waals surface area contributed by atoms with Crippen LogP contribution in [0, 0.1) is 6.92 Å². The van der Waals surface area contributed by atoms with Gasteiger partial charge in [0.05, 0.1) is 23.1 Å². The Kier molecular flexibility index (Phi) is 5.54. The van der Waals surface area contributed by atoms with E-state index in [0.717, 1.165) is 0 Å². The lowest BCUT2D eigenvalue weighted by Gasteiger charge is -2.21. The molecule has 29 heavy (non-hydrogen) atoms. The Bertz CT molecular complexity index is 1130. The average Bonchev–Trinajstić information content (AvgIpc) is 3.02. The molecule has 0 fully saturated rings. The first-order valence-electron chi connectivity index (χ1n) is 8.99. The van der Waals surface area contributed by atoms with Crippen molar-refractivity contribution < 1.29 is 13.2 Å². The summed E-state index contributed by atoms with van der Waals surface area (Å²) in [5.74, 6) is 0.129. The third-order valence-corrected chi connectivity index (χ3v) is 5.80. The van der Waals surface area contributed by atoms with Crippen molar-refractivity contribution in [1.29, 1.82) is 0 Å². The summed E-state index contributed by atoms with van der Waals surface area (Å²) in [6.45, 7) is 7.00. The van der Waals surface area contributed by atoms with Crippen molar-refractivity contribution in [3.8, 4) is 5.82 Å². The molecule has 0 aliphatic rings. The number of nitrogens with zero attached hydrogens (tertiary/aromatic N) is 3. The fraction of sp³-hybridized carbons (Fsp3) is 0.250. The molecule has 8 nitrogen and oxygen atoms in total. The van der Waals surface area contributed by atoms with Crippen LogP contribution in [0.3, 0.4) is 0 Å². The minimum Gasteiger partial charge on any atom is -0.321 e. The third-order valence-electron chi connectivity index (χ3n) is 3.99. The van der Waals surface area contributed by atoms with E-state index in [2.05, 4.69) is 20.1 Å². The van der Waals surface area contributed by atoms with E-state index < -0.39 is 21.5 Å². The molecule has 2 aromatic heterocycles. The molecule has 0 aliphatic carbocycles. The van der Waals surface area contributed by atoms with Gasteiger partial charge < -0.3 is 5.32 Å². The Morgan fingerprint density at radius 3 is 2.41 bits per heavy atom. The van der Waals surface area contributed by atoms with Crippen LogP contribution in [0.1, 0.15) is 36.8 Å². The van der Waals surface area contributed by atoms with Gasteiger partial charge in [0.15, 0.2) is 5.82 Å². The van der Waals surface area contributed by atoms with Crippen LogP contribution in [-0.4, -0.2) is 34.6 Å². The second-order valence-corrected chi connectivity index (χ2v) is 9.20. The maximum atomic E-state index is 12.8. The van der Waals surface area contributed by atoms with Crippen molar-refractivity contribution in [3.63, 3.8) is 0 Å². The van der Waals surface area contributed by atoms with Gasteiger partial charge in [0.2, 0.25) is 10.0 Å². The molecule has 0 unspecified atom stereocenters. The number of para-hydroxylation sites is 1. The van der Waals surface area contributed by atoms with Gasteiger partial charge in [0, 0.05) is 11.7 Å². The molecule has 152 valence electrons. The van der Waals surface area contributed by atoms with Crippen molar-refractivity contribution in [2.24, 2.45) is 0 Å². The molecule has 0 aliphatic heterocycles. The van der Waals surface area contributed by atoms with Crippen molar-refractivity contribution in [2.45, 2.75) is 38.1 Å². The van der Waals surface area contributed by atoms with E-state index in [-0.39, 0.29) is 10.6 Å². The first kappa shape index (κ1) is 20.7. The minimum absolute atomic E-state index is 0.00181. The number of amides is 1. The summed E-state index contributed by atoms with van der Waals surface area (Å²) in [7, 11) is -3.82. The molecule has 0 saturated carbocycles. The second-order valence-electron chi connectivity index (χ2n) is 7.55. The second kappa shape index (κ2) is 7.76. The van der Waals surface area contributed by atoms with Crippen molar-refractivity contribution in [1.82, 2.24) is 19.5 Å². The minimum atomic E-state index is -3.82. The van der Waals surface area contributed by atoms with Gasteiger partial charge in [-0.05, 0) is 52.0 Å². The number of aromatic nitrogens is 3. The maximum absolute atomic E-state index is 12.8. The van der Waals surface area contributed by atoms with E-state index in [9.17, 15) is 13.2 Å². The monoisotopic (exact) mass is 413 g/mol. The number of rotatable bonds is 5. The Morgan fingerprint density at radius 1 is 1.07 bits per heavy atom. The molecule has 2 heterocycles. The summed E-state index contributed by atoms with van der Waals surface area (Å²) >= 11 is 0. The molecule has 1 amide bonds. The molecule has 3 aromatic rings. The van der Waals surface area contributed by atoms with Gasteiger partial charge in [-0.2, -0.15) is 5.10 Å². The average molecular weight is 414 g/mol. The molecular formula is C20H23N5O3S. The van der Waals surface area contributed by atoms with Crippen molar-refractivity contribution in [2.75, 3.05) is 5.32 Å². The van der Waals surface area contributed by atoms with Crippen LogP contribution in [-0.2, 0) is 10.0 Å². The highest BCUT2D eigenvalue weighted by atomic mass is 32.2. The van der Waals surface area contributed by atoms with Crippen LogP contribution in [0.25, 0.3) is 5.82 Å².